The quantitative estimate of drug-likeness (QED) is 0.426. The van der Waals surface area contributed by atoms with Gasteiger partial charge >= 0.3 is 11.9 Å². The van der Waals surface area contributed by atoms with E-state index in [1.165, 1.54) is 0 Å². The molecule has 0 unspecified atom stereocenters. The van der Waals surface area contributed by atoms with Crippen molar-refractivity contribution in [2.75, 3.05) is 13.1 Å². The van der Waals surface area contributed by atoms with Crippen molar-refractivity contribution in [3.8, 4) is 11.5 Å². The van der Waals surface area contributed by atoms with E-state index in [0.717, 1.165) is 31.5 Å². The molecule has 0 aliphatic carbocycles. The van der Waals surface area contributed by atoms with Gasteiger partial charge in [0.05, 0.1) is 11.8 Å². The van der Waals surface area contributed by atoms with Gasteiger partial charge in [-0.25, -0.2) is 0 Å². The largest absolute Gasteiger partial charge is 0.422 e. The van der Waals surface area contributed by atoms with Crippen LogP contribution in [0.15, 0.2) is 18.2 Å². The first-order chi connectivity index (χ1) is 11.3. The van der Waals surface area contributed by atoms with Gasteiger partial charge in [-0.1, -0.05) is 40.7 Å². The fraction of sp³-hybridized carbons (Fsp3) is 0.579. The topological polar surface area (TPSA) is 64.6 Å². The summed E-state index contributed by atoms with van der Waals surface area (Å²) in [5, 5.41) is 3.33. The van der Waals surface area contributed by atoms with E-state index in [0.29, 0.717) is 5.75 Å². The summed E-state index contributed by atoms with van der Waals surface area (Å²) < 4.78 is 10.8. The number of ether oxygens (including phenoxy) is 2. The molecule has 1 N–H and O–H groups in total. The molecule has 0 radical (unpaired) electrons. The summed E-state index contributed by atoms with van der Waals surface area (Å²) in [6, 6.07) is 5.36. The lowest BCUT2D eigenvalue weighted by Crippen LogP contribution is -2.19. The van der Waals surface area contributed by atoms with Crippen molar-refractivity contribution in [1.29, 1.82) is 0 Å². The lowest BCUT2D eigenvalue weighted by atomic mass is 10.1. The van der Waals surface area contributed by atoms with Crippen LogP contribution in [0.25, 0.3) is 0 Å². The van der Waals surface area contributed by atoms with E-state index in [2.05, 4.69) is 12.2 Å². The minimum absolute atomic E-state index is 0.253. The van der Waals surface area contributed by atoms with Gasteiger partial charge in [-0.3, -0.25) is 9.59 Å². The molecule has 0 saturated carbocycles. The van der Waals surface area contributed by atoms with Gasteiger partial charge in [0, 0.05) is 0 Å². The van der Waals surface area contributed by atoms with Crippen LogP contribution in [0.3, 0.4) is 0 Å². The summed E-state index contributed by atoms with van der Waals surface area (Å²) >= 11 is 0. The number of carbonyl (C=O) groups excluding carboxylic acids is 2. The Labute approximate surface area is 144 Å². The SMILES string of the molecule is CCCNCCc1ccc(OC(=O)C(C)C)c(OC(=O)C(C)C)c1. The minimum atomic E-state index is -0.353. The Kier molecular flexibility index (Phi) is 8.47. The summed E-state index contributed by atoms with van der Waals surface area (Å²) in [7, 11) is 0. The molecule has 0 bridgehead atoms. The van der Waals surface area contributed by atoms with Crippen LogP contribution in [0.1, 0.15) is 46.6 Å². The van der Waals surface area contributed by atoms with Crippen molar-refractivity contribution in [1.82, 2.24) is 5.32 Å². The Morgan fingerprint density at radius 3 is 2.08 bits per heavy atom. The van der Waals surface area contributed by atoms with Gasteiger partial charge in [-0.05, 0) is 43.6 Å². The van der Waals surface area contributed by atoms with Crippen molar-refractivity contribution < 1.29 is 19.1 Å². The van der Waals surface area contributed by atoms with E-state index >= 15 is 0 Å². The number of rotatable bonds is 9. The van der Waals surface area contributed by atoms with Gasteiger partial charge in [-0.2, -0.15) is 0 Å². The molecule has 1 aromatic rings. The number of esters is 2. The zero-order chi connectivity index (χ0) is 18.1. The summed E-state index contributed by atoms with van der Waals surface area (Å²) in [6.07, 6.45) is 1.89. The van der Waals surface area contributed by atoms with Crippen molar-refractivity contribution >= 4 is 11.9 Å². The van der Waals surface area contributed by atoms with Crippen LogP contribution in [-0.4, -0.2) is 25.0 Å². The molecule has 1 rings (SSSR count). The average Bonchev–Trinajstić information content (AvgIpc) is 2.53. The Bertz CT molecular complexity index is 552. The molecule has 24 heavy (non-hydrogen) atoms. The molecule has 0 spiro atoms. The molecule has 0 aromatic heterocycles. The van der Waals surface area contributed by atoms with Crippen LogP contribution in [0.4, 0.5) is 0 Å². The number of carbonyl (C=O) groups is 2. The molecule has 0 aliphatic rings. The van der Waals surface area contributed by atoms with E-state index < -0.39 is 0 Å². The first-order valence-corrected chi connectivity index (χ1v) is 8.62. The highest BCUT2D eigenvalue weighted by Crippen LogP contribution is 2.30. The maximum atomic E-state index is 11.9. The predicted octanol–water partition coefficient (Wildman–Crippen LogP) is 3.35. The van der Waals surface area contributed by atoms with E-state index in [9.17, 15) is 9.59 Å². The number of hydrogen-bond acceptors (Lipinski definition) is 5. The zero-order valence-corrected chi connectivity index (χ0v) is 15.3. The second-order valence-corrected chi connectivity index (χ2v) is 6.43. The highest BCUT2D eigenvalue weighted by atomic mass is 16.6. The van der Waals surface area contributed by atoms with Crippen LogP contribution in [0, 0.1) is 11.8 Å². The smallest absolute Gasteiger partial charge is 0.313 e. The Morgan fingerprint density at radius 2 is 1.54 bits per heavy atom. The standard InChI is InChI=1S/C19H29NO4/c1-6-10-20-11-9-15-7-8-16(23-18(21)13(2)3)17(12-15)24-19(22)14(4)5/h7-8,12-14,20H,6,9-11H2,1-5H3. The Morgan fingerprint density at radius 1 is 0.958 bits per heavy atom. The third-order valence-electron chi connectivity index (χ3n) is 3.39. The third-order valence-corrected chi connectivity index (χ3v) is 3.39. The summed E-state index contributed by atoms with van der Waals surface area (Å²) in [6.45, 7) is 11.0. The second-order valence-electron chi connectivity index (χ2n) is 6.43. The number of hydrogen-bond donors (Lipinski definition) is 1. The molecular weight excluding hydrogens is 306 g/mol. The lowest BCUT2D eigenvalue weighted by molar-refractivity contribution is -0.140. The molecule has 5 heteroatoms. The highest BCUT2D eigenvalue weighted by molar-refractivity contribution is 5.78. The van der Waals surface area contributed by atoms with Crippen molar-refractivity contribution in [2.24, 2.45) is 11.8 Å². The van der Waals surface area contributed by atoms with Crippen LogP contribution in [0.2, 0.25) is 0 Å². The van der Waals surface area contributed by atoms with Crippen LogP contribution >= 0.6 is 0 Å². The van der Waals surface area contributed by atoms with E-state index in [1.54, 1.807) is 39.8 Å². The molecule has 5 nitrogen and oxygen atoms in total. The summed E-state index contributed by atoms with van der Waals surface area (Å²) in [5.41, 5.74) is 1.02. The van der Waals surface area contributed by atoms with Gasteiger partial charge in [0.1, 0.15) is 0 Å². The first kappa shape index (κ1) is 20.2. The Balaban J connectivity index is 2.92. The molecule has 1 aromatic carbocycles. The van der Waals surface area contributed by atoms with Crippen LogP contribution in [0.5, 0.6) is 11.5 Å². The normalized spacial score (nSPS) is 11.0. The number of nitrogens with one attached hydrogen (secondary N) is 1. The molecule has 0 saturated heterocycles. The van der Waals surface area contributed by atoms with Gasteiger partial charge < -0.3 is 14.8 Å². The molecule has 134 valence electrons. The molecule has 0 aliphatic heterocycles. The average molecular weight is 335 g/mol. The fourth-order valence-corrected chi connectivity index (χ4v) is 1.86. The summed E-state index contributed by atoms with van der Waals surface area (Å²) in [4.78, 5) is 23.8. The maximum Gasteiger partial charge on any atom is 0.313 e. The Hall–Kier alpha value is -1.88. The minimum Gasteiger partial charge on any atom is -0.422 e. The van der Waals surface area contributed by atoms with Crippen molar-refractivity contribution in [2.45, 2.75) is 47.5 Å². The molecule has 0 atom stereocenters. The van der Waals surface area contributed by atoms with Gasteiger partial charge in [0.25, 0.3) is 0 Å². The first-order valence-electron chi connectivity index (χ1n) is 8.62. The van der Waals surface area contributed by atoms with Gasteiger partial charge in [0.15, 0.2) is 11.5 Å². The fourth-order valence-electron chi connectivity index (χ4n) is 1.86. The molecular formula is C19H29NO4. The zero-order valence-electron chi connectivity index (χ0n) is 15.3. The van der Waals surface area contributed by atoms with Gasteiger partial charge in [-0.15, -0.1) is 0 Å². The highest BCUT2D eigenvalue weighted by Gasteiger charge is 2.18. The van der Waals surface area contributed by atoms with E-state index in [1.807, 2.05) is 6.07 Å². The van der Waals surface area contributed by atoms with Crippen molar-refractivity contribution in [3.63, 3.8) is 0 Å². The second kappa shape index (κ2) is 10.1. The van der Waals surface area contributed by atoms with E-state index in [-0.39, 0.29) is 29.5 Å². The molecule has 0 amide bonds. The lowest BCUT2D eigenvalue weighted by Gasteiger charge is -2.14. The maximum absolute atomic E-state index is 11.9. The molecule has 0 fully saturated rings. The molecule has 0 heterocycles. The predicted molar refractivity (Wildman–Crippen MR) is 94.3 cm³/mol. The summed E-state index contributed by atoms with van der Waals surface area (Å²) in [5.74, 6) is -0.624. The van der Waals surface area contributed by atoms with E-state index in [4.69, 9.17) is 9.47 Å². The van der Waals surface area contributed by atoms with Gasteiger partial charge in [0.2, 0.25) is 0 Å². The van der Waals surface area contributed by atoms with Crippen LogP contribution < -0.4 is 14.8 Å². The number of benzene rings is 1. The third kappa shape index (κ3) is 6.71. The van der Waals surface area contributed by atoms with Crippen LogP contribution in [-0.2, 0) is 16.0 Å². The monoisotopic (exact) mass is 335 g/mol. The van der Waals surface area contributed by atoms with Crippen molar-refractivity contribution in [3.05, 3.63) is 23.8 Å².